The molecule has 4 atom stereocenters. The van der Waals surface area contributed by atoms with Gasteiger partial charge in [-0.1, -0.05) is 12.1 Å². The van der Waals surface area contributed by atoms with Gasteiger partial charge < -0.3 is 20.2 Å². The van der Waals surface area contributed by atoms with Gasteiger partial charge in [0.05, 0.1) is 23.2 Å². The molecule has 226 valence electrons. The van der Waals surface area contributed by atoms with Crippen LogP contribution in [0.15, 0.2) is 48.5 Å². The molecular formula is C32H43N5O4S. The number of fused-ring (bicyclic) bond motifs is 1. The predicted octanol–water partition coefficient (Wildman–Crippen LogP) is 4.15. The Bertz CT molecular complexity index is 1440. The van der Waals surface area contributed by atoms with Crippen LogP contribution < -0.4 is 20.0 Å². The Morgan fingerprint density at radius 1 is 0.881 bits per heavy atom. The van der Waals surface area contributed by atoms with Crippen LogP contribution in [0.3, 0.4) is 0 Å². The molecule has 2 amide bonds. The lowest BCUT2D eigenvalue weighted by atomic mass is 9.52. The van der Waals surface area contributed by atoms with Crippen LogP contribution in [-0.2, 0) is 10.0 Å². The van der Waals surface area contributed by atoms with E-state index in [1.807, 2.05) is 36.9 Å². The smallest absolute Gasteiger partial charge is 0.322 e. The van der Waals surface area contributed by atoms with Crippen molar-refractivity contribution in [3.63, 3.8) is 0 Å². The summed E-state index contributed by atoms with van der Waals surface area (Å²) in [5.41, 5.74) is 3.56. The Balaban J connectivity index is 1.06. The highest BCUT2D eigenvalue weighted by atomic mass is 32.2. The minimum absolute atomic E-state index is 0.0293. The van der Waals surface area contributed by atoms with Crippen molar-refractivity contribution in [1.82, 2.24) is 9.62 Å². The topological polar surface area (TPSA) is 96.4 Å². The van der Waals surface area contributed by atoms with Crippen molar-refractivity contribution < 1.29 is 18.3 Å². The van der Waals surface area contributed by atoms with Gasteiger partial charge >= 0.3 is 6.03 Å². The molecule has 6 aliphatic rings. The largest absolute Gasteiger partial charge is 0.390 e. The van der Waals surface area contributed by atoms with Gasteiger partial charge in [-0.2, -0.15) is 4.31 Å². The van der Waals surface area contributed by atoms with Gasteiger partial charge in [0.1, 0.15) is 0 Å². The Hall–Kier alpha value is -2.82. The Morgan fingerprint density at radius 2 is 1.48 bits per heavy atom. The van der Waals surface area contributed by atoms with E-state index in [2.05, 4.69) is 45.4 Å². The minimum atomic E-state index is -3.25. The number of hydrogen-bond acceptors (Lipinski definition) is 6. The number of rotatable bonds is 4. The molecular weight excluding hydrogens is 550 g/mol. The molecule has 0 aromatic heterocycles. The molecule has 5 fully saturated rings. The number of carbonyl (C=O) groups is 1. The fourth-order valence-corrected chi connectivity index (χ4v) is 10.7. The second-order valence-electron chi connectivity index (χ2n) is 13.7. The molecule has 9 nitrogen and oxygen atoms in total. The number of urea groups is 1. The number of benzene rings is 2. The van der Waals surface area contributed by atoms with E-state index in [0.29, 0.717) is 43.9 Å². The van der Waals surface area contributed by atoms with Gasteiger partial charge in [0, 0.05) is 55.7 Å². The summed E-state index contributed by atoms with van der Waals surface area (Å²) in [7, 11) is -3.25. The van der Waals surface area contributed by atoms with Crippen LogP contribution in [0.2, 0.25) is 0 Å². The Labute approximate surface area is 249 Å². The summed E-state index contributed by atoms with van der Waals surface area (Å²) in [4.78, 5) is 20.1. The number of nitrogens with zero attached hydrogens (tertiary/aromatic N) is 4. The van der Waals surface area contributed by atoms with Crippen molar-refractivity contribution in [2.75, 3.05) is 47.1 Å². The molecule has 1 saturated heterocycles. The zero-order chi connectivity index (χ0) is 29.4. The number of aliphatic hydroxyl groups is 1. The van der Waals surface area contributed by atoms with E-state index in [0.717, 1.165) is 54.9 Å². The first-order valence-corrected chi connectivity index (χ1v) is 17.3. The lowest BCUT2D eigenvalue weighted by molar-refractivity contribution is -0.136. The summed E-state index contributed by atoms with van der Waals surface area (Å²) >= 11 is 0. The molecule has 4 bridgehead atoms. The van der Waals surface area contributed by atoms with Crippen LogP contribution in [0, 0.1) is 17.8 Å². The molecule has 4 saturated carbocycles. The van der Waals surface area contributed by atoms with Crippen molar-refractivity contribution in [2.45, 2.75) is 69.7 Å². The third kappa shape index (κ3) is 4.85. The lowest BCUT2D eigenvalue weighted by Gasteiger charge is -2.58. The van der Waals surface area contributed by atoms with Crippen LogP contribution in [0.25, 0.3) is 0 Å². The van der Waals surface area contributed by atoms with E-state index >= 15 is 0 Å². The molecule has 4 aliphatic carbocycles. The van der Waals surface area contributed by atoms with E-state index in [9.17, 15) is 18.3 Å². The van der Waals surface area contributed by atoms with Crippen molar-refractivity contribution >= 4 is 38.8 Å². The summed E-state index contributed by atoms with van der Waals surface area (Å²) in [6.45, 7) is 6.51. The van der Waals surface area contributed by atoms with Gasteiger partial charge in [-0.3, -0.25) is 4.90 Å². The molecule has 0 spiro atoms. The van der Waals surface area contributed by atoms with Gasteiger partial charge in [-0.25, -0.2) is 13.2 Å². The molecule has 2 unspecified atom stereocenters. The summed E-state index contributed by atoms with van der Waals surface area (Å²) in [5.74, 6) is 1.36. The molecule has 2 aliphatic heterocycles. The summed E-state index contributed by atoms with van der Waals surface area (Å²) in [6.07, 6.45) is 6.10. The summed E-state index contributed by atoms with van der Waals surface area (Å²) < 4.78 is 26.2. The Kier molecular flexibility index (Phi) is 6.75. The quantitative estimate of drug-likeness (QED) is 0.553. The highest BCUT2D eigenvalue weighted by Crippen LogP contribution is 2.55. The van der Waals surface area contributed by atoms with Crippen LogP contribution in [0.4, 0.5) is 27.5 Å². The maximum absolute atomic E-state index is 13.7. The average Bonchev–Trinajstić information content (AvgIpc) is 2.92. The van der Waals surface area contributed by atoms with Crippen LogP contribution in [0.1, 0.15) is 46.0 Å². The van der Waals surface area contributed by atoms with Crippen molar-refractivity contribution in [1.29, 1.82) is 0 Å². The fourth-order valence-electron chi connectivity index (χ4n) is 9.29. The van der Waals surface area contributed by atoms with E-state index < -0.39 is 15.6 Å². The van der Waals surface area contributed by atoms with Crippen molar-refractivity contribution in [3.05, 3.63) is 48.5 Å². The SMILES string of the molecule is C[C@@H]1CN(c2ccc(N3CCN(C(=O)NC4C5CC6CC4CC(O)(C6)C5)c4ccccc43)cc2)C[C@H](C)N1S(C)(=O)=O. The molecule has 10 heteroatoms. The molecule has 2 N–H and O–H groups in total. The van der Waals surface area contributed by atoms with Gasteiger partial charge in [0.2, 0.25) is 10.0 Å². The molecule has 8 rings (SSSR count). The van der Waals surface area contributed by atoms with Crippen molar-refractivity contribution in [2.24, 2.45) is 17.8 Å². The first-order chi connectivity index (χ1) is 20.0. The molecule has 42 heavy (non-hydrogen) atoms. The van der Waals surface area contributed by atoms with Gasteiger partial charge in [0.15, 0.2) is 0 Å². The number of carbonyl (C=O) groups excluding carboxylic acids is 1. The number of hydrogen-bond donors (Lipinski definition) is 2. The number of amides is 2. The highest BCUT2D eigenvalue weighted by molar-refractivity contribution is 7.88. The van der Waals surface area contributed by atoms with E-state index in [1.54, 1.807) is 4.31 Å². The minimum Gasteiger partial charge on any atom is -0.390 e. The number of nitrogens with one attached hydrogen (secondary N) is 1. The molecule has 2 aromatic rings. The fraction of sp³-hybridized carbons (Fsp3) is 0.594. The average molecular weight is 594 g/mol. The van der Waals surface area contributed by atoms with Crippen LogP contribution in [0.5, 0.6) is 0 Å². The predicted molar refractivity (Wildman–Crippen MR) is 166 cm³/mol. The first-order valence-electron chi connectivity index (χ1n) is 15.5. The molecule has 2 aromatic carbocycles. The van der Waals surface area contributed by atoms with E-state index in [1.165, 1.54) is 6.26 Å². The van der Waals surface area contributed by atoms with Gasteiger partial charge in [-0.05, 0) is 100 Å². The van der Waals surface area contributed by atoms with Gasteiger partial charge in [0.25, 0.3) is 0 Å². The third-order valence-electron chi connectivity index (χ3n) is 10.5. The number of sulfonamides is 1. The number of anilines is 4. The number of para-hydroxylation sites is 2. The second kappa shape index (κ2) is 10.1. The highest BCUT2D eigenvalue weighted by Gasteiger charge is 2.55. The Morgan fingerprint density at radius 3 is 2.07 bits per heavy atom. The monoisotopic (exact) mass is 593 g/mol. The van der Waals surface area contributed by atoms with Gasteiger partial charge in [-0.15, -0.1) is 0 Å². The van der Waals surface area contributed by atoms with E-state index in [4.69, 9.17) is 0 Å². The summed E-state index contributed by atoms with van der Waals surface area (Å²) in [5, 5.41) is 14.4. The zero-order valence-electron chi connectivity index (χ0n) is 24.8. The second-order valence-corrected chi connectivity index (χ2v) is 15.6. The zero-order valence-corrected chi connectivity index (χ0v) is 25.6. The van der Waals surface area contributed by atoms with E-state index in [-0.39, 0.29) is 24.2 Å². The standard InChI is InChI=1S/C32H43N5O4S/c1-21-19-34(20-22(2)37(21)42(3,40)41)26-8-10-27(11-9-26)35-12-13-36(29-7-5-4-6-28(29)35)31(38)33-30-24-14-23-15-25(30)18-32(39,16-23)17-24/h4-11,21-25,30,39H,12-20H2,1-3H3,(H,33,38)/t21-,22+,23?,24?,25?,30?,32?. The molecule has 0 radical (unpaired) electrons. The van der Waals surface area contributed by atoms with Crippen LogP contribution in [-0.4, -0.2) is 80.0 Å². The maximum atomic E-state index is 13.7. The lowest BCUT2D eigenvalue weighted by Crippen LogP contribution is -2.63. The third-order valence-corrected chi connectivity index (χ3v) is 12.0. The number of piperazine rings is 1. The molecule has 2 heterocycles. The maximum Gasteiger partial charge on any atom is 0.322 e. The van der Waals surface area contributed by atoms with Crippen LogP contribution >= 0.6 is 0 Å². The summed E-state index contributed by atoms with van der Waals surface area (Å²) in [6, 6.07) is 16.5. The first kappa shape index (κ1) is 28.0. The van der Waals surface area contributed by atoms with Crippen molar-refractivity contribution in [3.8, 4) is 0 Å². The normalized spacial score (nSPS) is 34.4.